The maximum absolute atomic E-state index is 5.16. The third-order valence-corrected chi connectivity index (χ3v) is 3.83. The van der Waals surface area contributed by atoms with Crippen molar-refractivity contribution < 1.29 is 4.74 Å². The molecular formula is C17H20BrNO. The van der Waals surface area contributed by atoms with Crippen LogP contribution in [0.3, 0.4) is 0 Å². The van der Waals surface area contributed by atoms with Crippen LogP contribution in [0.15, 0.2) is 46.9 Å². The molecule has 0 fully saturated rings. The van der Waals surface area contributed by atoms with Crippen LogP contribution in [-0.4, -0.2) is 13.7 Å². The molecule has 2 aromatic carbocycles. The lowest BCUT2D eigenvalue weighted by Crippen LogP contribution is -2.06. The lowest BCUT2D eigenvalue weighted by molar-refractivity contribution is 0.414. The molecule has 0 spiro atoms. The fourth-order valence-electron chi connectivity index (χ4n) is 2.16. The summed E-state index contributed by atoms with van der Waals surface area (Å²) in [5.74, 6) is 0.905. The number of methoxy groups -OCH3 is 1. The second-order valence-corrected chi connectivity index (χ2v) is 5.60. The van der Waals surface area contributed by atoms with E-state index in [9.17, 15) is 0 Å². The van der Waals surface area contributed by atoms with E-state index in [1.165, 1.54) is 16.8 Å². The Morgan fingerprint density at radius 3 is 2.50 bits per heavy atom. The van der Waals surface area contributed by atoms with Gasteiger partial charge in [-0.1, -0.05) is 35.0 Å². The van der Waals surface area contributed by atoms with E-state index in [1.54, 1.807) is 7.11 Å². The normalized spacial score (nSPS) is 10.3. The van der Waals surface area contributed by atoms with E-state index in [0.717, 1.165) is 29.6 Å². The van der Waals surface area contributed by atoms with E-state index in [2.05, 4.69) is 58.5 Å². The number of anilines is 1. The first-order valence-corrected chi connectivity index (χ1v) is 7.67. The van der Waals surface area contributed by atoms with Crippen LogP contribution in [0.5, 0.6) is 5.75 Å². The Morgan fingerprint density at radius 1 is 1.10 bits per heavy atom. The van der Waals surface area contributed by atoms with Gasteiger partial charge in [-0.05, 0) is 54.3 Å². The molecule has 2 rings (SSSR count). The molecule has 0 amide bonds. The summed E-state index contributed by atoms with van der Waals surface area (Å²) in [4.78, 5) is 0. The molecular weight excluding hydrogens is 314 g/mol. The first kappa shape index (κ1) is 14.9. The van der Waals surface area contributed by atoms with Crippen LogP contribution >= 0.6 is 15.9 Å². The molecule has 106 valence electrons. The average molecular weight is 334 g/mol. The molecule has 0 atom stereocenters. The van der Waals surface area contributed by atoms with Crippen LogP contribution in [0.2, 0.25) is 0 Å². The second-order valence-electron chi connectivity index (χ2n) is 4.68. The van der Waals surface area contributed by atoms with E-state index in [4.69, 9.17) is 4.74 Å². The minimum Gasteiger partial charge on any atom is -0.497 e. The number of hydrogen-bond donors (Lipinski definition) is 1. The number of benzene rings is 2. The fraction of sp³-hybridized carbons (Fsp3) is 0.294. The Hall–Kier alpha value is -1.48. The highest BCUT2D eigenvalue weighted by Gasteiger charge is 2.01. The Labute approximate surface area is 129 Å². The summed E-state index contributed by atoms with van der Waals surface area (Å²) in [7, 11) is 1.69. The third-order valence-electron chi connectivity index (χ3n) is 3.34. The van der Waals surface area contributed by atoms with Crippen molar-refractivity contribution in [2.24, 2.45) is 0 Å². The van der Waals surface area contributed by atoms with E-state index >= 15 is 0 Å². The summed E-state index contributed by atoms with van der Waals surface area (Å²) in [6, 6.07) is 14.6. The summed E-state index contributed by atoms with van der Waals surface area (Å²) in [6.07, 6.45) is 2.04. The average Bonchev–Trinajstić information content (AvgIpc) is 2.49. The zero-order valence-corrected chi connectivity index (χ0v) is 13.5. The highest BCUT2D eigenvalue weighted by molar-refractivity contribution is 9.10. The molecule has 0 aliphatic rings. The Balaban J connectivity index is 1.92. The van der Waals surface area contributed by atoms with E-state index < -0.39 is 0 Å². The maximum atomic E-state index is 5.16. The predicted molar refractivity (Wildman–Crippen MR) is 88.7 cm³/mol. The molecule has 0 aliphatic carbocycles. The van der Waals surface area contributed by atoms with Gasteiger partial charge in [-0.2, -0.15) is 0 Å². The minimum absolute atomic E-state index is 0.905. The monoisotopic (exact) mass is 333 g/mol. The van der Waals surface area contributed by atoms with Gasteiger partial charge in [-0.25, -0.2) is 0 Å². The van der Waals surface area contributed by atoms with Crippen molar-refractivity contribution in [2.75, 3.05) is 19.0 Å². The van der Waals surface area contributed by atoms with Crippen molar-refractivity contribution in [2.45, 2.75) is 19.8 Å². The highest BCUT2D eigenvalue weighted by Crippen LogP contribution is 2.21. The van der Waals surface area contributed by atoms with Gasteiger partial charge in [0, 0.05) is 16.7 Å². The first-order chi connectivity index (χ1) is 9.72. The van der Waals surface area contributed by atoms with Crippen molar-refractivity contribution in [3.8, 4) is 5.75 Å². The van der Waals surface area contributed by atoms with Gasteiger partial charge in [0.15, 0.2) is 0 Å². The molecule has 3 heteroatoms. The molecule has 2 aromatic rings. The number of aryl methyl sites for hydroxylation is 1. The first-order valence-electron chi connectivity index (χ1n) is 6.88. The second kappa shape index (κ2) is 7.34. The number of rotatable bonds is 6. The van der Waals surface area contributed by atoms with Gasteiger partial charge in [0.1, 0.15) is 5.75 Å². The smallest absolute Gasteiger partial charge is 0.118 e. The summed E-state index contributed by atoms with van der Waals surface area (Å²) in [5, 5.41) is 3.52. The lowest BCUT2D eigenvalue weighted by atomic mass is 10.1. The SMILES string of the molecule is CCc1cc(Br)ccc1NCCc1ccc(OC)cc1. The molecule has 0 saturated heterocycles. The number of nitrogens with one attached hydrogen (secondary N) is 1. The summed E-state index contributed by atoms with van der Waals surface area (Å²) >= 11 is 3.52. The lowest BCUT2D eigenvalue weighted by Gasteiger charge is -2.11. The molecule has 2 nitrogen and oxygen atoms in total. The highest BCUT2D eigenvalue weighted by atomic mass is 79.9. The fourth-order valence-corrected chi connectivity index (χ4v) is 2.57. The summed E-state index contributed by atoms with van der Waals surface area (Å²) in [6.45, 7) is 3.11. The molecule has 1 N–H and O–H groups in total. The van der Waals surface area contributed by atoms with Gasteiger partial charge in [0.25, 0.3) is 0 Å². The van der Waals surface area contributed by atoms with Crippen LogP contribution in [0.4, 0.5) is 5.69 Å². The number of ether oxygens (including phenoxy) is 1. The van der Waals surface area contributed by atoms with Gasteiger partial charge >= 0.3 is 0 Å². The van der Waals surface area contributed by atoms with Gasteiger partial charge in [-0.3, -0.25) is 0 Å². The van der Waals surface area contributed by atoms with Crippen LogP contribution in [0, 0.1) is 0 Å². The van der Waals surface area contributed by atoms with Gasteiger partial charge < -0.3 is 10.1 Å². The van der Waals surface area contributed by atoms with Crippen molar-refractivity contribution in [1.29, 1.82) is 0 Å². The van der Waals surface area contributed by atoms with Crippen molar-refractivity contribution in [3.05, 3.63) is 58.1 Å². The van der Waals surface area contributed by atoms with Gasteiger partial charge in [0.2, 0.25) is 0 Å². The maximum Gasteiger partial charge on any atom is 0.118 e. The minimum atomic E-state index is 0.905. The third kappa shape index (κ3) is 4.01. The van der Waals surface area contributed by atoms with Gasteiger partial charge in [0.05, 0.1) is 7.11 Å². The van der Waals surface area contributed by atoms with Crippen LogP contribution in [-0.2, 0) is 12.8 Å². The molecule has 0 unspecified atom stereocenters. The van der Waals surface area contributed by atoms with E-state index in [-0.39, 0.29) is 0 Å². The quantitative estimate of drug-likeness (QED) is 0.829. The zero-order valence-electron chi connectivity index (χ0n) is 11.9. The summed E-state index contributed by atoms with van der Waals surface area (Å²) < 4.78 is 6.30. The van der Waals surface area contributed by atoms with Gasteiger partial charge in [-0.15, -0.1) is 0 Å². The van der Waals surface area contributed by atoms with Crippen LogP contribution < -0.4 is 10.1 Å². The number of hydrogen-bond acceptors (Lipinski definition) is 2. The molecule has 0 saturated carbocycles. The van der Waals surface area contributed by atoms with Crippen LogP contribution in [0.25, 0.3) is 0 Å². The zero-order chi connectivity index (χ0) is 14.4. The largest absolute Gasteiger partial charge is 0.497 e. The van der Waals surface area contributed by atoms with E-state index in [0.29, 0.717) is 0 Å². The summed E-state index contributed by atoms with van der Waals surface area (Å²) in [5.41, 5.74) is 3.88. The van der Waals surface area contributed by atoms with Crippen molar-refractivity contribution in [1.82, 2.24) is 0 Å². The van der Waals surface area contributed by atoms with Crippen molar-refractivity contribution in [3.63, 3.8) is 0 Å². The van der Waals surface area contributed by atoms with E-state index in [1.807, 2.05) is 12.1 Å². The predicted octanol–water partition coefficient (Wildman–Crippen LogP) is 4.67. The molecule has 20 heavy (non-hydrogen) atoms. The molecule has 0 aliphatic heterocycles. The number of halogens is 1. The Bertz CT molecular complexity index is 551. The molecule has 0 aromatic heterocycles. The Kier molecular flexibility index (Phi) is 5.48. The standard InChI is InChI=1S/C17H20BrNO/c1-3-14-12-15(18)6-9-17(14)19-11-10-13-4-7-16(20-2)8-5-13/h4-9,12,19H,3,10-11H2,1-2H3. The molecule has 0 heterocycles. The van der Waals surface area contributed by atoms with Crippen molar-refractivity contribution >= 4 is 21.6 Å². The Morgan fingerprint density at radius 2 is 1.85 bits per heavy atom. The molecule has 0 bridgehead atoms. The molecule has 0 radical (unpaired) electrons. The van der Waals surface area contributed by atoms with Crippen LogP contribution in [0.1, 0.15) is 18.1 Å². The topological polar surface area (TPSA) is 21.3 Å².